The van der Waals surface area contributed by atoms with Crippen LogP contribution < -0.4 is 0 Å². The fourth-order valence-corrected chi connectivity index (χ4v) is 4.47. The molecule has 0 amide bonds. The van der Waals surface area contributed by atoms with Crippen molar-refractivity contribution in [2.24, 2.45) is 0 Å². The molecule has 1 nitrogen and oxygen atoms in total. The van der Waals surface area contributed by atoms with E-state index in [4.69, 9.17) is 0 Å². The number of rotatable bonds is 1. The predicted octanol–water partition coefficient (Wildman–Crippen LogP) is 3.38. The predicted molar refractivity (Wildman–Crippen MR) is 61.1 cm³/mol. The van der Waals surface area contributed by atoms with Crippen LogP contribution in [-0.4, -0.2) is 37.3 Å². The molecule has 0 saturated carbocycles. The van der Waals surface area contributed by atoms with E-state index in [0.29, 0.717) is 0 Å². The van der Waals surface area contributed by atoms with Gasteiger partial charge in [0.25, 0.3) is 0 Å². The molecule has 3 heteroatoms. The Morgan fingerprint density at radius 1 is 1.09 bits per heavy atom. The molecule has 0 N–H and O–H groups in total. The van der Waals surface area contributed by atoms with E-state index < -0.39 is 5.46 Å². The first kappa shape index (κ1) is 11.9. The van der Waals surface area contributed by atoms with Crippen LogP contribution in [0, 0.1) is 0 Å². The van der Waals surface area contributed by atoms with Gasteiger partial charge >= 0.3 is 79.0 Å². The summed E-state index contributed by atoms with van der Waals surface area (Å²) in [6, 6.07) is 0. The molecule has 0 aliphatic carbocycles. The maximum atomic E-state index is 3.84. The van der Waals surface area contributed by atoms with Gasteiger partial charge in [0.05, 0.1) is 0 Å². The number of hydrogen-bond donors (Lipinski definition) is 0. The zero-order valence-corrected chi connectivity index (χ0v) is 11.3. The van der Waals surface area contributed by atoms with Crippen LogP contribution >= 0.6 is 20.9 Å². The van der Waals surface area contributed by atoms with Gasteiger partial charge in [-0.25, -0.2) is 0 Å². The molecule has 0 aromatic rings. The molecule has 0 fully saturated rings. The average molecular weight is 242 g/mol. The summed E-state index contributed by atoms with van der Waals surface area (Å²) < 4.78 is 2.44. The van der Waals surface area contributed by atoms with Crippen molar-refractivity contribution in [3.63, 3.8) is 0 Å². The molecule has 0 radical (unpaired) electrons. The van der Waals surface area contributed by atoms with Crippen molar-refractivity contribution in [3.8, 4) is 0 Å². The molecule has 0 unspecified atom stereocenters. The third-order valence-corrected chi connectivity index (χ3v) is 6.04. The Balaban J connectivity index is 4.65. The van der Waals surface area contributed by atoms with E-state index in [1.165, 1.54) is 0 Å². The third kappa shape index (κ3) is 3.87. The van der Waals surface area contributed by atoms with E-state index in [-0.39, 0.29) is 5.54 Å². The van der Waals surface area contributed by atoms with Gasteiger partial charge in [-0.2, -0.15) is 0 Å². The molecule has 0 atom stereocenters. The van der Waals surface area contributed by atoms with Gasteiger partial charge in [-0.15, -0.1) is 0 Å². The second kappa shape index (κ2) is 2.68. The van der Waals surface area contributed by atoms with Crippen LogP contribution in [0.3, 0.4) is 0 Å². The molecular weight excluding hydrogens is 221 g/mol. The van der Waals surface area contributed by atoms with Gasteiger partial charge in [0.15, 0.2) is 0 Å². The second-order valence-electron chi connectivity index (χ2n) is 5.22. The summed E-state index contributed by atoms with van der Waals surface area (Å²) in [6.07, 6.45) is 0. The first-order valence-corrected chi connectivity index (χ1v) is 9.43. The Kier molecular flexibility index (Phi) is 2.89. The van der Waals surface area contributed by atoms with E-state index in [0.717, 1.165) is 0 Å². The summed E-state index contributed by atoms with van der Waals surface area (Å²) in [5.74, 6) is 0. The zero-order chi connectivity index (χ0) is 9.52. The van der Waals surface area contributed by atoms with Crippen LogP contribution in [0.1, 0.15) is 20.8 Å². The SMILES string of the molecule is CN(C(C)(C)C)P(C)(C)(C)Br. The van der Waals surface area contributed by atoms with Crippen LogP contribution in [0.15, 0.2) is 0 Å². The Morgan fingerprint density at radius 2 is 1.36 bits per heavy atom. The van der Waals surface area contributed by atoms with E-state index in [9.17, 15) is 0 Å². The fourth-order valence-electron chi connectivity index (χ4n) is 1.01. The summed E-state index contributed by atoms with van der Waals surface area (Å²) in [4.78, 5) is 0. The van der Waals surface area contributed by atoms with Crippen molar-refractivity contribution in [1.29, 1.82) is 0 Å². The summed E-state index contributed by atoms with van der Waals surface area (Å²) in [5, 5.41) is 0. The van der Waals surface area contributed by atoms with E-state index >= 15 is 0 Å². The summed E-state index contributed by atoms with van der Waals surface area (Å²) >= 11 is 3.84. The van der Waals surface area contributed by atoms with Crippen LogP contribution in [0.5, 0.6) is 0 Å². The summed E-state index contributed by atoms with van der Waals surface area (Å²) in [7, 11) is 2.19. The second-order valence-corrected chi connectivity index (χ2v) is 18.2. The van der Waals surface area contributed by atoms with Gasteiger partial charge in [0.2, 0.25) is 0 Å². The summed E-state index contributed by atoms with van der Waals surface area (Å²) in [5.41, 5.74) is -1.46. The van der Waals surface area contributed by atoms with Crippen LogP contribution in [0.2, 0.25) is 0 Å². The standard InChI is InChI=1S/C8H21BrNP/c1-8(2,3)10(4)11(5,6,7)9/h1-7H3. The molecule has 0 heterocycles. The Hall–Kier alpha value is 0.870. The molecule has 11 heavy (non-hydrogen) atoms. The molecule has 0 aromatic heterocycles. The van der Waals surface area contributed by atoms with Crippen molar-refractivity contribution in [3.05, 3.63) is 0 Å². The first-order chi connectivity index (χ1) is 4.41. The van der Waals surface area contributed by atoms with Crippen molar-refractivity contribution in [2.45, 2.75) is 26.3 Å². The quantitative estimate of drug-likeness (QED) is 0.637. The van der Waals surface area contributed by atoms with E-state index in [1.54, 1.807) is 0 Å². The molecule has 0 aromatic carbocycles. The Labute approximate surface area is 79.3 Å². The Bertz CT molecular complexity index is 142. The van der Waals surface area contributed by atoms with Crippen molar-refractivity contribution in [1.82, 2.24) is 4.67 Å². The van der Waals surface area contributed by atoms with Gasteiger partial charge in [-0.05, 0) is 0 Å². The third-order valence-electron chi connectivity index (χ3n) is 1.98. The average Bonchev–Trinajstić information content (AvgIpc) is 1.56. The molecule has 0 aliphatic rings. The molecule has 0 saturated heterocycles. The molecular formula is C8H21BrNP. The minimum absolute atomic E-state index is 0.250. The number of hydrogen-bond acceptors (Lipinski definition) is 1. The topological polar surface area (TPSA) is 3.24 Å². The van der Waals surface area contributed by atoms with Crippen molar-refractivity contribution in [2.75, 3.05) is 27.0 Å². The molecule has 0 bridgehead atoms. The van der Waals surface area contributed by atoms with E-state index in [2.05, 4.69) is 68.0 Å². The number of nitrogens with zero attached hydrogens (tertiary/aromatic N) is 1. The Morgan fingerprint density at radius 3 is 1.36 bits per heavy atom. The first-order valence-electron chi connectivity index (χ1n) is 3.88. The van der Waals surface area contributed by atoms with Crippen molar-refractivity contribution >= 4 is 20.9 Å². The van der Waals surface area contributed by atoms with Crippen LogP contribution in [0.25, 0.3) is 0 Å². The molecule has 0 aliphatic heterocycles. The molecule has 70 valence electrons. The normalized spacial score (nSPS) is 18.1. The monoisotopic (exact) mass is 241 g/mol. The van der Waals surface area contributed by atoms with Gasteiger partial charge in [-0.3, -0.25) is 0 Å². The van der Waals surface area contributed by atoms with Gasteiger partial charge in [-0.1, -0.05) is 0 Å². The molecule has 0 spiro atoms. The maximum absolute atomic E-state index is 3.84. The number of halogens is 1. The fraction of sp³-hybridized carbons (Fsp3) is 1.00. The van der Waals surface area contributed by atoms with Crippen LogP contribution in [-0.2, 0) is 0 Å². The summed E-state index contributed by atoms with van der Waals surface area (Å²) in [6.45, 7) is 13.6. The van der Waals surface area contributed by atoms with Gasteiger partial charge in [0, 0.05) is 0 Å². The van der Waals surface area contributed by atoms with Gasteiger partial charge < -0.3 is 0 Å². The zero-order valence-electron chi connectivity index (χ0n) is 8.77. The van der Waals surface area contributed by atoms with Gasteiger partial charge in [0.1, 0.15) is 0 Å². The minimum atomic E-state index is -1.71. The molecule has 0 rings (SSSR count). The van der Waals surface area contributed by atoms with E-state index in [1.807, 2.05) is 0 Å². The van der Waals surface area contributed by atoms with Crippen LogP contribution in [0.4, 0.5) is 0 Å². The van der Waals surface area contributed by atoms with Crippen molar-refractivity contribution < 1.29 is 0 Å².